The number of carbonyl (C=O) groups is 1. The standard InChI is InChI=1S/C24H22N4O7/c1-34-18-6-3-11(9-19(18)35-2)12-7-15-21(17(30)8-12)20(22-23(25-15)26-27-24(22)31)14-10-13(28(32)33)4-5-16(14)29/h3-6,9-10,12,20,29H,7-8H2,1-2H3,(H3,25,26,27,31)/t12-,20+/m1/s1. The van der Waals surface area contributed by atoms with Crippen molar-refractivity contribution in [2.75, 3.05) is 19.5 Å². The van der Waals surface area contributed by atoms with Crippen LogP contribution in [-0.4, -0.2) is 40.2 Å². The monoisotopic (exact) mass is 478 g/mol. The number of aromatic hydroxyl groups is 1. The zero-order chi connectivity index (χ0) is 24.9. The maximum absolute atomic E-state index is 13.6. The first-order chi connectivity index (χ1) is 16.8. The van der Waals surface area contributed by atoms with Crippen molar-refractivity contribution in [2.24, 2.45) is 0 Å². The first kappa shape index (κ1) is 22.3. The number of ketones is 1. The van der Waals surface area contributed by atoms with E-state index < -0.39 is 16.4 Å². The highest BCUT2D eigenvalue weighted by molar-refractivity contribution is 6.01. The summed E-state index contributed by atoms with van der Waals surface area (Å²) in [6.45, 7) is 0. The van der Waals surface area contributed by atoms with E-state index in [0.717, 1.165) is 5.56 Å². The van der Waals surface area contributed by atoms with Gasteiger partial charge in [0.1, 0.15) is 11.6 Å². The number of hydrogen-bond acceptors (Lipinski definition) is 8. The number of nitro groups is 1. The first-order valence-electron chi connectivity index (χ1n) is 10.8. The molecule has 3 aromatic rings. The summed E-state index contributed by atoms with van der Waals surface area (Å²) in [6.07, 6.45) is 0.593. The van der Waals surface area contributed by atoms with Gasteiger partial charge in [-0.1, -0.05) is 6.07 Å². The molecule has 0 bridgehead atoms. The molecule has 0 fully saturated rings. The van der Waals surface area contributed by atoms with E-state index in [0.29, 0.717) is 35.0 Å². The number of H-pyrrole nitrogens is 2. The molecule has 11 heteroatoms. The van der Waals surface area contributed by atoms with Crippen LogP contribution in [0.15, 0.2) is 52.5 Å². The lowest BCUT2D eigenvalue weighted by molar-refractivity contribution is -0.384. The van der Waals surface area contributed by atoms with Crippen molar-refractivity contribution in [2.45, 2.75) is 24.7 Å². The number of nitro benzene ring substituents is 1. The Morgan fingerprint density at radius 1 is 1.03 bits per heavy atom. The highest BCUT2D eigenvalue weighted by Crippen LogP contribution is 2.49. The van der Waals surface area contributed by atoms with Crippen molar-refractivity contribution in [1.82, 2.24) is 10.2 Å². The number of Topliss-reactive ketones (excluding diaryl/α,β-unsaturated/α-hetero) is 1. The number of hydrogen-bond donors (Lipinski definition) is 4. The molecule has 0 spiro atoms. The second-order valence-corrected chi connectivity index (χ2v) is 8.46. The summed E-state index contributed by atoms with van der Waals surface area (Å²) in [5.74, 6) is -0.132. The molecule has 2 atom stereocenters. The fraction of sp³-hybridized carbons (Fsp3) is 0.250. The molecule has 0 saturated heterocycles. The van der Waals surface area contributed by atoms with Crippen LogP contribution in [0.2, 0.25) is 0 Å². The molecule has 0 radical (unpaired) electrons. The maximum Gasteiger partial charge on any atom is 0.270 e. The van der Waals surface area contributed by atoms with Crippen LogP contribution in [0.4, 0.5) is 11.5 Å². The molecule has 5 rings (SSSR count). The number of methoxy groups -OCH3 is 2. The van der Waals surface area contributed by atoms with E-state index in [4.69, 9.17) is 9.47 Å². The van der Waals surface area contributed by atoms with Crippen molar-refractivity contribution in [3.8, 4) is 17.2 Å². The predicted octanol–water partition coefficient (Wildman–Crippen LogP) is 3.29. The lowest BCUT2D eigenvalue weighted by Crippen LogP contribution is -2.31. The molecule has 11 nitrogen and oxygen atoms in total. The number of non-ortho nitro benzene ring substituents is 1. The largest absolute Gasteiger partial charge is 0.508 e. The van der Waals surface area contributed by atoms with Crippen molar-refractivity contribution in [1.29, 1.82) is 0 Å². The van der Waals surface area contributed by atoms with Crippen LogP contribution in [0, 0.1) is 10.1 Å². The van der Waals surface area contributed by atoms with E-state index in [1.54, 1.807) is 13.2 Å². The summed E-state index contributed by atoms with van der Waals surface area (Å²) in [7, 11) is 3.08. The Bertz CT molecular complexity index is 1450. The number of rotatable bonds is 5. The SMILES string of the molecule is COc1ccc([C@H]2CC(=O)C3=C(C2)Nc2[nH][nH]c(=O)c2[C@H]3c2cc([N+](=O)[O-])ccc2O)cc1OC. The van der Waals surface area contributed by atoms with Gasteiger partial charge >= 0.3 is 0 Å². The number of carbonyl (C=O) groups excluding carboxylic acids is 1. The van der Waals surface area contributed by atoms with E-state index in [1.165, 1.54) is 25.3 Å². The molecule has 0 amide bonds. The lowest BCUT2D eigenvalue weighted by Gasteiger charge is -2.34. The number of phenols is 1. The molecule has 180 valence electrons. The number of ether oxygens (including phenoxy) is 2. The summed E-state index contributed by atoms with van der Waals surface area (Å²) >= 11 is 0. The summed E-state index contributed by atoms with van der Waals surface area (Å²) in [5.41, 5.74) is 1.36. The van der Waals surface area contributed by atoms with Gasteiger partial charge in [-0.3, -0.25) is 29.9 Å². The van der Waals surface area contributed by atoms with E-state index in [1.807, 2.05) is 12.1 Å². The average molecular weight is 478 g/mol. The van der Waals surface area contributed by atoms with Crippen LogP contribution in [0.1, 0.15) is 41.4 Å². The minimum atomic E-state index is -0.963. The molecule has 2 aliphatic rings. The molecule has 0 saturated carbocycles. The van der Waals surface area contributed by atoms with Crippen molar-refractivity contribution >= 4 is 17.3 Å². The fourth-order valence-electron chi connectivity index (χ4n) is 4.96. The van der Waals surface area contributed by atoms with Gasteiger partial charge in [0.05, 0.1) is 30.6 Å². The van der Waals surface area contributed by atoms with E-state index in [2.05, 4.69) is 15.5 Å². The molecule has 0 unspecified atom stereocenters. The molecule has 1 aromatic heterocycles. The quantitative estimate of drug-likeness (QED) is 0.321. The van der Waals surface area contributed by atoms with Crippen molar-refractivity contribution in [3.63, 3.8) is 0 Å². The van der Waals surface area contributed by atoms with Gasteiger partial charge in [-0.15, -0.1) is 0 Å². The highest BCUT2D eigenvalue weighted by Gasteiger charge is 2.42. The maximum atomic E-state index is 13.6. The van der Waals surface area contributed by atoms with Crippen molar-refractivity contribution in [3.05, 3.63) is 84.8 Å². The second kappa shape index (κ2) is 8.35. The summed E-state index contributed by atoms with van der Waals surface area (Å²) in [6, 6.07) is 9.07. The molecule has 35 heavy (non-hydrogen) atoms. The van der Waals surface area contributed by atoms with Gasteiger partial charge in [0.15, 0.2) is 17.3 Å². The van der Waals surface area contributed by atoms with Gasteiger partial charge in [0.2, 0.25) is 0 Å². The number of aromatic amines is 2. The van der Waals surface area contributed by atoms with Crippen LogP contribution in [0.25, 0.3) is 0 Å². The number of benzene rings is 2. The van der Waals surface area contributed by atoms with Gasteiger partial charge in [-0.25, -0.2) is 0 Å². The normalized spacial score (nSPS) is 19.0. The zero-order valence-corrected chi connectivity index (χ0v) is 18.9. The molecule has 2 aromatic carbocycles. The Balaban J connectivity index is 1.63. The number of nitrogens with zero attached hydrogens (tertiary/aromatic N) is 1. The summed E-state index contributed by atoms with van der Waals surface area (Å²) in [5, 5.41) is 30.4. The molecular formula is C24H22N4O7. The number of fused-ring (bicyclic) bond motifs is 1. The third-order valence-electron chi connectivity index (χ3n) is 6.59. The molecule has 1 aliphatic carbocycles. The van der Waals surface area contributed by atoms with Crippen LogP contribution >= 0.6 is 0 Å². The summed E-state index contributed by atoms with van der Waals surface area (Å²) in [4.78, 5) is 37.0. The van der Waals surface area contributed by atoms with Gasteiger partial charge in [0.25, 0.3) is 11.2 Å². The lowest BCUT2D eigenvalue weighted by atomic mass is 9.72. The topological polar surface area (TPSA) is 160 Å². The van der Waals surface area contributed by atoms with Crippen LogP contribution < -0.4 is 20.3 Å². The van der Waals surface area contributed by atoms with Crippen molar-refractivity contribution < 1.29 is 24.3 Å². The minimum absolute atomic E-state index is 0.123. The van der Waals surface area contributed by atoms with E-state index in [-0.39, 0.29) is 40.7 Å². The van der Waals surface area contributed by atoms with Crippen LogP contribution in [0.3, 0.4) is 0 Å². The number of aromatic nitrogens is 2. The van der Waals surface area contributed by atoms with Gasteiger partial charge in [-0.05, 0) is 36.1 Å². The predicted molar refractivity (Wildman–Crippen MR) is 125 cm³/mol. The first-order valence-corrected chi connectivity index (χ1v) is 10.8. The number of allylic oxidation sites excluding steroid dienone is 2. The Labute approximate surface area is 198 Å². The number of anilines is 1. The second-order valence-electron chi connectivity index (χ2n) is 8.46. The Kier molecular flexibility index (Phi) is 5.31. The Morgan fingerprint density at radius 2 is 1.80 bits per heavy atom. The summed E-state index contributed by atoms with van der Waals surface area (Å²) < 4.78 is 10.7. The van der Waals surface area contributed by atoms with Crippen LogP contribution in [0.5, 0.6) is 17.2 Å². The van der Waals surface area contributed by atoms with Gasteiger partial charge < -0.3 is 19.9 Å². The molecule has 4 N–H and O–H groups in total. The molecule has 1 aliphatic heterocycles. The third-order valence-corrected chi connectivity index (χ3v) is 6.59. The third kappa shape index (κ3) is 3.61. The minimum Gasteiger partial charge on any atom is -0.508 e. The van der Waals surface area contributed by atoms with Crippen LogP contribution in [-0.2, 0) is 4.79 Å². The fourth-order valence-corrected chi connectivity index (χ4v) is 4.96. The Hall–Kier alpha value is -4.54. The van der Waals surface area contributed by atoms with E-state index in [9.17, 15) is 24.8 Å². The smallest absolute Gasteiger partial charge is 0.270 e. The number of phenolic OH excluding ortho intramolecular Hbond substituents is 1. The average Bonchev–Trinajstić information content (AvgIpc) is 3.22. The Morgan fingerprint density at radius 3 is 2.51 bits per heavy atom. The molecular weight excluding hydrogens is 456 g/mol. The van der Waals surface area contributed by atoms with Gasteiger partial charge in [-0.2, -0.15) is 0 Å². The molecule has 2 heterocycles. The van der Waals surface area contributed by atoms with Gasteiger partial charge in [0, 0.05) is 35.4 Å². The highest BCUT2D eigenvalue weighted by atomic mass is 16.6. The zero-order valence-electron chi connectivity index (χ0n) is 18.9. The number of nitrogens with one attached hydrogen (secondary N) is 3. The van der Waals surface area contributed by atoms with E-state index >= 15 is 0 Å².